The first-order chi connectivity index (χ1) is 13.4. The van der Waals surface area contributed by atoms with Gasteiger partial charge in [-0.05, 0) is 77.6 Å². The molecule has 0 N–H and O–H groups in total. The van der Waals surface area contributed by atoms with Crippen LogP contribution in [-0.4, -0.2) is 42.6 Å². The molecule has 1 heterocycles. The van der Waals surface area contributed by atoms with E-state index in [0.717, 1.165) is 24.9 Å². The maximum Gasteiger partial charge on any atom is 0.491 e. The Labute approximate surface area is 168 Å². The van der Waals surface area contributed by atoms with Crippen molar-refractivity contribution >= 4 is 11.9 Å². The number of benzene rings is 1. The number of ether oxygens (including phenoxy) is 2. The summed E-state index contributed by atoms with van der Waals surface area (Å²) in [6.45, 7) is 5.89. The van der Waals surface area contributed by atoms with Gasteiger partial charge in [0.15, 0.2) is 11.5 Å². The Kier molecular flexibility index (Phi) is 5.69. The van der Waals surface area contributed by atoms with Crippen molar-refractivity contribution in [1.82, 2.24) is 4.90 Å². The summed E-state index contributed by atoms with van der Waals surface area (Å²) in [5.74, 6) is -3.12. The first kappa shape index (κ1) is 21.6. The van der Waals surface area contributed by atoms with E-state index in [2.05, 4.69) is 4.90 Å². The van der Waals surface area contributed by atoms with Gasteiger partial charge < -0.3 is 14.4 Å². The molecule has 2 aliphatic rings. The van der Waals surface area contributed by atoms with Gasteiger partial charge in [-0.25, -0.2) is 4.79 Å². The van der Waals surface area contributed by atoms with Crippen molar-refractivity contribution in [2.75, 3.05) is 13.6 Å². The minimum absolute atomic E-state index is 0.149. The molecule has 0 radical (unpaired) electrons. The van der Waals surface area contributed by atoms with E-state index in [4.69, 9.17) is 9.47 Å². The highest BCUT2D eigenvalue weighted by Gasteiger charge is 2.43. The number of piperidine rings is 1. The molecular formula is C21H26F3NO4. The monoisotopic (exact) mass is 413 g/mol. The maximum atomic E-state index is 12.9. The zero-order chi connectivity index (χ0) is 21.6. The fourth-order valence-electron chi connectivity index (χ4n) is 4.03. The van der Waals surface area contributed by atoms with Crippen LogP contribution in [0.15, 0.2) is 12.1 Å². The lowest BCUT2D eigenvalue weighted by molar-refractivity contribution is -0.189. The molecule has 0 amide bonds. The SMILES string of the molecule is CN1CCC[C@@H]2Cc3c(ccc(OC(=O)C(C)(C)C)c3OC(=O)C(F)(F)F)C[C@H]21. The van der Waals surface area contributed by atoms with E-state index in [0.29, 0.717) is 24.4 Å². The van der Waals surface area contributed by atoms with Crippen LogP contribution in [0.4, 0.5) is 13.2 Å². The van der Waals surface area contributed by atoms with E-state index in [9.17, 15) is 22.8 Å². The molecule has 1 fully saturated rings. The highest BCUT2D eigenvalue weighted by atomic mass is 19.4. The van der Waals surface area contributed by atoms with E-state index in [-0.39, 0.29) is 17.4 Å². The van der Waals surface area contributed by atoms with Gasteiger partial charge in [0.25, 0.3) is 0 Å². The molecule has 1 aliphatic carbocycles. The van der Waals surface area contributed by atoms with Gasteiger partial charge in [-0.2, -0.15) is 13.2 Å². The molecule has 1 aliphatic heterocycles. The normalized spacial score (nSPS) is 22.4. The third-order valence-electron chi connectivity index (χ3n) is 5.65. The molecule has 0 unspecified atom stereocenters. The fraction of sp³-hybridized carbons (Fsp3) is 0.619. The molecule has 1 saturated heterocycles. The number of carbonyl (C=O) groups excluding carboxylic acids is 2. The van der Waals surface area contributed by atoms with E-state index in [1.165, 1.54) is 6.07 Å². The van der Waals surface area contributed by atoms with Crippen molar-refractivity contribution in [3.8, 4) is 11.5 Å². The first-order valence-corrected chi connectivity index (χ1v) is 9.74. The van der Waals surface area contributed by atoms with Crippen LogP contribution >= 0.6 is 0 Å². The van der Waals surface area contributed by atoms with Gasteiger partial charge in [0, 0.05) is 11.6 Å². The summed E-state index contributed by atoms with van der Waals surface area (Å²) < 4.78 is 48.8. The Morgan fingerprint density at radius 3 is 2.38 bits per heavy atom. The summed E-state index contributed by atoms with van der Waals surface area (Å²) in [5.41, 5.74) is 0.483. The average Bonchev–Trinajstić information content (AvgIpc) is 2.61. The lowest BCUT2D eigenvalue weighted by Gasteiger charge is -2.43. The molecular weight excluding hydrogens is 387 g/mol. The summed E-state index contributed by atoms with van der Waals surface area (Å²) in [5, 5.41) is 0. The topological polar surface area (TPSA) is 55.8 Å². The van der Waals surface area contributed by atoms with E-state index in [1.807, 2.05) is 7.05 Å². The van der Waals surface area contributed by atoms with Crippen molar-refractivity contribution in [2.24, 2.45) is 11.3 Å². The van der Waals surface area contributed by atoms with Crippen LogP contribution in [0, 0.1) is 11.3 Å². The van der Waals surface area contributed by atoms with Crippen LogP contribution in [0.3, 0.4) is 0 Å². The summed E-state index contributed by atoms with van der Waals surface area (Å²) in [6.07, 6.45) is -2.06. The third-order valence-corrected chi connectivity index (χ3v) is 5.65. The zero-order valence-electron chi connectivity index (χ0n) is 17.1. The zero-order valence-corrected chi connectivity index (χ0v) is 17.1. The van der Waals surface area contributed by atoms with E-state index in [1.54, 1.807) is 26.8 Å². The van der Waals surface area contributed by atoms with Gasteiger partial charge in [0.05, 0.1) is 5.41 Å². The number of fused-ring (bicyclic) bond motifs is 2. The number of nitrogens with zero attached hydrogens (tertiary/aromatic N) is 1. The lowest BCUT2D eigenvalue weighted by Crippen LogP contribution is -2.47. The number of halogens is 3. The minimum Gasteiger partial charge on any atom is -0.422 e. The number of alkyl halides is 3. The third kappa shape index (κ3) is 4.57. The van der Waals surface area contributed by atoms with Gasteiger partial charge in [0.1, 0.15) is 0 Å². The molecule has 2 atom stereocenters. The van der Waals surface area contributed by atoms with Gasteiger partial charge in [-0.3, -0.25) is 4.79 Å². The Bertz CT molecular complexity index is 813. The van der Waals surface area contributed by atoms with Crippen LogP contribution in [0.5, 0.6) is 11.5 Å². The maximum absolute atomic E-state index is 12.9. The van der Waals surface area contributed by atoms with Crippen LogP contribution in [0.2, 0.25) is 0 Å². The number of esters is 2. The molecule has 1 aromatic carbocycles. The van der Waals surface area contributed by atoms with Gasteiger partial charge in [-0.1, -0.05) is 6.07 Å². The molecule has 0 spiro atoms. The fourth-order valence-corrected chi connectivity index (χ4v) is 4.03. The number of hydrogen-bond acceptors (Lipinski definition) is 5. The minimum atomic E-state index is -5.14. The van der Waals surface area contributed by atoms with Crippen molar-refractivity contribution < 1.29 is 32.2 Å². The van der Waals surface area contributed by atoms with Crippen molar-refractivity contribution in [1.29, 1.82) is 0 Å². The molecule has 5 nitrogen and oxygen atoms in total. The van der Waals surface area contributed by atoms with Crippen LogP contribution in [0.25, 0.3) is 0 Å². The Hall–Kier alpha value is -2.09. The molecule has 0 bridgehead atoms. The smallest absolute Gasteiger partial charge is 0.422 e. The molecule has 1 aromatic rings. The molecule has 8 heteroatoms. The largest absolute Gasteiger partial charge is 0.491 e. The standard InChI is InChI=1S/C21H26F3NO4/c1-20(2,3)18(26)28-16-8-7-12-11-15-13(6-5-9-25(15)4)10-14(12)17(16)29-19(27)21(22,23)24/h7-8,13,15H,5-6,9-11H2,1-4H3/t13-,15-/m1/s1. The number of rotatable bonds is 2. The second-order valence-electron chi connectivity index (χ2n) is 8.92. The summed E-state index contributed by atoms with van der Waals surface area (Å²) in [4.78, 5) is 26.2. The van der Waals surface area contributed by atoms with E-state index >= 15 is 0 Å². The summed E-state index contributed by atoms with van der Waals surface area (Å²) in [6, 6.07) is 3.47. The van der Waals surface area contributed by atoms with Gasteiger partial charge >= 0.3 is 18.1 Å². The Balaban J connectivity index is 2.02. The second kappa shape index (κ2) is 7.63. The van der Waals surface area contributed by atoms with Crippen LogP contribution in [-0.2, 0) is 22.4 Å². The molecule has 3 rings (SSSR count). The van der Waals surface area contributed by atoms with Crippen molar-refractivity contribution in [2.45, 2.75) is 58.7 Å². The number of likely N-dealkylation sites (N-methyl/N-ethyl adjacent to an activating group) is 1. The van der Waals surface area contributed by atoms with Crippen molar-refractivity contribution in [3.05, 3.63) is 23.3 Å². The quantitative estimate of drug-likeness (QED) is 0.544. The average molecular weight is 413 g/mol. The van der Waals surface area contributed by atoms with Crippen LogP contribution in [0.1, 0.15) is 44.7 Å². The molecule has 0 aromatic heterocycles. The highest BCUT2D eigenvalue weighted by molar-refractivity contribution is 5.82. The second-order valence-corrected chi connectivity index (χ2v) is 8.92. The Morgan fingerprint density at radius 2 is 1.76 bits per heavy atom. The number of hydrogen-bond donors (Lipinski definition) is 0. The van der Waals surface area contributed by atoms with Crippen molar-refractivity contribution in [3.63, 3.8) is 0 Å². The predicted octanol–water partition coefficient (Wildman–Crippen LogP) is 3.91. The first-order valence-electron chi connectivity index (χ1n) is 9.74. The molecule has 160 valence electrons. The predicted molar refractivity (Wildman–Crippen MR) is 99.8 cm³/mol. The van der Waals surface area contributed by atoms with Gasteiger partial charge in [-0.15, -0.1) is 0 Å². The summed E-state index contributed by atoms with van der Waals surface area (Å²) in [7, 11) is 2.05. The van der Waals surface area contributed by atoms with Gasteiger partial charge in [0.2, 0.25) is 0 Å². The molecule has 0 saturated carbocycles. The highest BCUT2D eigenvalue weighted by Crippen LogP contribution is 2.43. The van der Waals surface area contributed by atoms with E-state index < -0.39 is 23.5 Å². The molecule has 29 heavy (non-hydrogen) atoms. The number of carbonyl (C=O) groups is 2. The Morgan fingerprint density at radius 1 is 1.07 bits per heavy atom. The lowest BCUT2D eigenvalue weighted by atomic mass is 9.75. The number of likely N-dealkylation sites (tertiary alicyclic amines) is 1. The summed E-state index contributed by atoms with van der Waals surface area (Å²) >= 11 is 0. The van der Waals surface area contributed by atoms with Crippen LogP contribution < -0.4 is 9.47 Å².